The van der Waals surface area contributed by atoms with Gasteiger partial charge in [0.05, 0.1) is 26.0 Å². The number of hydrogen-bond donors (Lipinski definition) is 0. The van der Waals surface area contributed by atoms with Gasteiger partial charge in [0.15, 0.2) is 6.10 Å². The number of amides is 1. The van der Waals surface area contributed by atoms with Gasteiger partial charge in [0.25, 0.3) is 0 Å². The Kier molecular flexibility index (Phi) is 7.88. The van der Waals surface area contributed by atoms with E-state index < -0.39 is 0 Å². The minimum atomic E-state index is -0.318. The molecule has 6 nitrogen and oxygen atoms in total. The Balaban J connectivity index is 1.40. The summed E-state index contributed by atoms with van der Waals surface area (Å²) < 4.78 is 24.5. The summed E-state index contributed by atoms with van der Waals surface area (Å²) in [7, 11) is 1.62. The fraction of sp³-hybridized carbons (Fsp3) is 0.259. The number of halogens is 1. The highest BCUT2D eigenvalue weighted by Crippen LogP contribution is 2.25. The molecule has 1 atom stereocenters. The molecule has 0 aromatic heterocycles. The number of carbonyl (C=O) groups excluding carboxylic acids is 1. The maximum atomic E-state index is 13.4. The van der Waals surface area contributed by atoms with Crippen LogP contribution in [0.25, 0.3) is 0 Å². The summed E-state index contributed by atoms with van der Waals surface area (Å²) in [6.07, 6.45) is 0.233. The second-order valence-corrected chi connectivity index (χ2v) is 8.05. The fourth-order valence-electron chi connectivity index (χ4n) is 3.80. The van der Waals surface area contributed by atoms with E-state index in [1.54, 1.807) is 24.1 Å². The van der Waals surface area contributed by atoms with Crippen LogP contribution in [0.15, 0.2) is 84.0 Å². The first-order valence-corrected chi connectivity index (χ1v) is 11.1. The van der Waals surface area contributed by atoms with Crippen LogP contribution in [0, 0.1) is 5.82 Å². The molecule has 4 rings (SSSR count). The van der Waals surface area contributed by atoms with Gasteiger partial charge in [-0.1, -0.05) is 59.8 Å². The van der Waals surface area contributed by atoms with Gasteiger partial charge in [0.1, 0.15) is 18.2 Å². The van der Waals surface area contributed by atoms with Crippen LogP contribution in [-0.2, 0) is 27.5 Å². The summed E-state index contributed by atoms with van der Waals surface area (Å²) in [6, 6.07) is 23.4. The molecule has 7 heteroatoms. The van der Waals surface area contributed by atoms with Crippen molar-refractivity contribution in [1.29, 1.82) is 0 Å². The molecule has 1 amide bonds. The molecule has 3 aromatic carbocycles. The minimum Gasteiger partial charge on any atom is -0.496 e. The Labute approximate surface area is 198 Å². The zero-order valence-corrected chi connectivity index (χ0v) is 19.0. The van der Waals surface area contributed by atoms with Crippen molar-refractivity contribution in [2.24, 2.45) is 5.16 Å². The van der Waals surface area contributed by atoms with Crippen LogP contribution in [0.2, 0.25) is 0 Å². The monoisotopic (exact) mass is 462 g/mol. The van der Waals surface area contributed by atoms with Crippen molar-refractivity contribution in [2.45, 2.75) is 25.7 Å². The summed E-state index contributed by atoms with van der Waals surface area (Å²) >= 11 is 0. The van der Waals surface area contributed by atoms with Gasteiger partial charge in [-0.25, -0.2) is 4.39 Å². The molecule has 1 aliphatic heterocycles. The summed E-state index contributed by atoms with van der Waals surface area (Å²) in [5, 5.41) is 4.25. The minimum absolute atomic E-state index is 0.0664. The Morgan fingerprint density at radius 1 is 1.03 bits per heavy atom. The molecule has 176 valence electrons. The van der Waals surface area contributed by atoms with Crippen molar-refractivity contribution in [3.05, 3.63) is 101 Å². The van der Waals surface area contributed by atoms with E-state index >= 15 is 0 Å². The van der Waals surface area contributed by atoms with Crippen molar-refractivity contribution in [1.82, 2.24) is 4.90 Å². The number of carbonyl (C=O) groups is 1. The average molecular weight is 463 g/mol. The number of nitrogens with zero attached hydrogens (tertiary/aromatic N) is 2. The Bertz CT molecular complexity index is 1120. The predicted octanol–water partition coefficient (Wildman–Crippen LogP) is 4.57. The van der Waals surface area contributed by atoms with Gasteiger partial charge in [-0.3, -0.25) is 4.79 Å². The third-order valence-corrected chi connectivity index (χ3v) is 5.55. The van der Waals surface area contributed by atoms with E-state index in [1.165, 1.54) is 12.1 Å². The standard InChI is InChI=1S/C27H27FN2O4/c1-32-26-10-6-5-9-24(26)25-15-23(34-29-25)17-30(16-20-11-13-22(28)14-12-20)27(31)19-33-18-21-7-3-2-4-8-21/h2-14,23H,15-19H2,1H3. The third kappa shape index (κ3) is 6.20. The van der Waals surface area contributed by atoms with Gasteiger partial charge in [0, 0.05) is 18.5 Å². The molecule has 0 radical (unpaired) electrons. The molecule has 34 heavy (non-hydrogen) atoms. The highest BCUT2D eigenvalue weighted by atomic mass is 19.1. The number of benzene rings is 3. The summed E-state index contributed by atoms with van der Waals surface area (Å²) in [4.78, 5) is 20.4. The van der Waals surface area contributed by atoms with Crippen molar-refractivity contribution >= 4 is 11.6 Å². The lowest BCUT2D eigenvalue weighted by molar-refractivity contribution is -0.139. The van der Waals surface area contributed by atoms with Gasteiger partial charge in [-0.2, -0.15) is 0 Å². The molecule has 0 fully saturated rings. The number of rotatable bonds is 10. The van der Waals surface area contributed by atoms with Crippen LogP contribution >= 0.6 is 0 Å². The summed E-state index contributed by atoms with van der Waals surface area (Å²) in [5.41, 5.74) is 3.46. The number of oxime groups is 1. The lowest BCUT2D eigenvalue weighted by atomic mass is 10.0. The van der Waals surface area contributed by atoms with E-state index in [1.807, 2.05) is 54.6 Å². The van der Waals surface area contributed by atoms with Crippen LogP contribution in [-0.4, -0.2) is 42.9 Å². The van der Waals surface area contributed by atoms with Crippen molar-refractivity contribution in [3.8, 4) is 5.75 Å². The predicted molar refractivity (Wildman–Crippen MR) is 127 cm³/mol. The zero-order chi connectivity index (χ0) is 23.8. The van der Waals surface area contributed by atoms with Crippen molar-refractivity contribution < 1.29 is 23.5 Å². The fourth-order valence-corrected chi connectivity index (χ4v) is 3.80. The van der Waals surface area contributed by atoms with Gasteiger partial charge in [-0.05, 0) is 35.4 Å². The van der Waals surface area contributed by atoms with Crippen LogP contribution in [0.3, 0.4) is 0 Å². The number of methoxy groups -OCH3 is 1. The quantitative estimate of drug-likeness (QED) is 0.443. The van der Waals surface area contributed by atoms with Crippen LogP contribution < -0.4 is 4.74 Å². The van der Waals surface area contributed by atoms with Crippen LogP contribution in [0.4, 0.5) is 4.39 Å². The summed E-state index contributed by atoms with van der Waals surface area (Å²) in [5.74, 6) is 0.232. The topological polar surface area (TPSA) is 60.4 Å². The molecule has 1 heterocycles. The SMILES string of the molecule is COc1ccccc1C1=NOC(CN(Cc2ccc(F)cc2)C(=O)COCc2ccccc2)C1. The molecule has 0 bridgehead atoms. The summed E-state index contributed by atoms with van der Waals surface area (Å²) in [6.45, 7) is 0.922. The Morgan fingerprint density at radius 3 is 2.53 bits per heavy atom. The van der Waals surface area contributed by atoms with E-state index in [0.29, 0.717) is 26.1 Å². The van der Waals surface area contributed by atoms with E-state index in [4.69, 9.17) is 14.3 Å². The maximum absolute atomic E-state index is 13.4. The molecule has 0 saturated heterocycles. The molecule has 1 unspecified atom stereocenters. The van der Waals surface area contributed by atoms with Crippen molar-refractivity contribution in [2.75, 3.05) is 20.3 Å². The van der Waals surface area contributed by atoms with Gasteiger partial charge >= 0.3 is 0 Å². The first kappa shape index (κ1) is 23.4. The first-order valence-electron chi connectivity index (χ1n) is 11.1. The smallest absolute Gasteiger partial charge is 0.249 e. The highest BCUT2D eigenvalue weighted by Gasteiger charge is 2.28. The van der Waals surface area contributed by atoms with Gasteiger partial charge < -0.3 is 19.2 Å². The third-order valence-electron chi connectivity index (χ3n) is 5.55. The molecule has 1 aliphatic rings. The molecule has 0 aliphatic carbocycles. The second kappa shape index (κ2) is 11.4. The lowest BCUT2D eigenvalue weighted by Gasteiger charge is -2.25. The Hall–Kier alpha value is -3.71. The largest absolute Gasteiger partial charge is 0.496 e. The van der Waals surface area contributed by atoms with Gasteiger partial charge in [0.2, 0.25) is 5.91 Å². The highest BCUT2D eigenvalue weighted by molar-refractivity contribution is 6.03. The van der Waals surface area contributed by atoms with E-state index in [0.717, 1.165) is 28.2 Å². The average Bonchev–Trinajstić information content (AvgIpc) is 3.34. The first-order chi connectivity index (χ1) is 16.6. The zero-order valence-electron chi connectivity index (χ0n) is 19.0. The number of para-hydroxylation sites is 1. The van der Waals surface area contributed by atoms with E-state index in [2.05, 4.69) is 5.16 Å². The second-order valence-electron chi connectivity index (χ2n) is 8.05. The van der Waals surface area contributed by atoms with Crippen LogP contribution in [0.1, 0.15) is 23.1 Å². The number of ether oxygens (including phenoxy) is 2. The lowest BCUT2D eigenvalue weighted by Crippen LogP contribution is -2.39. The molecule has 0 saturated carbocycles. The molecule has 3 aromatic rings. The van der Waals surface area contributed by atoms with E-state index in [9.17, 15) is 9.18 Å². The van der Waals surface area contributed by atoms with Crippen LogP contribution in [0.5, 0.6) is 5.75 Å². The Morgan fingerprint density at radius 2 is 1.76 bits per heavy atom. The maximum Gasteiger partial charge on any atom is 0.249 e. The normalized spacial score (nSPS) is 14.9. The molecular weight excluding hydrogens is 435 g/mol. The molecule has 0 spiro atoms. The number of hydrogen-bond acceptors (Lipinski definition) is 5. The molecule has 0 N–H and O–H groups in total. The van der Waals surface area contributed by atoms with Gasteiger partial charge in [-0.15, -0.1) is 0 Å². The van der Waals surface area contributed by atoms with E-state index in [-0.39, 0.29) is 24.4 Å². The van der Waals surface area contributed by atoms with Crippen molar-refractivity contribution in [3.63, 3.8) is 0 Å². The molecular formula is C27H27FN2O4.